The molecule has 0 spiro atoms. The van der Waals surface area contributed by atoms with Gasteiger partial charge in [-0.05, 0) is 48.4 Å². The van der Waals surface area contributed by atoms with Crippen LogP contribution in [0.3, 0.4) is 0 Å². The largest absolute Gasteiger partial charge is 0.399 e. The highest BCUT2D eigenvalue weighted by molar-refractivity contribution is 5.47. The van der Waals surface area contributed by atoms with Crippen molar-refractivity contribution in [2.75, 3.05) is 17.6 Å². The number of nitrogens with zero attached hydrogens (tertiary/aromatic N) is 1. The number of aliphatic hydroxyl groups excluding tert-OH is 1. The quantitative estimate of drug-likeness (QED) is 0.727. The molecule has 2 rings (SSSR count). The van der Waals surface area contributed by atoms with Crippen LogP contribution in [0.2, 0.25) is 0 Å². The molecule has 2 aromatic rings. The monoisotopic (exact) mass is 267 g/mol. The second kappa shape index (κ2) is 6.60. The molecule has 0 heterocycles. The molecule has 0 aliphatic rings. The van der Waals surface area contributed by atoms with Crippen LogP contribution in [0, 0.1) is 11.3 Å². The molecule has 0 aromatic heterocycles. The Morgan fingerprint density at radius 2 is 1.95 bits per heavy atom. The fourth-order valence-corrected chi connectivity index (χ4v) is 1.95. The molecule has 0 radical (unpaired) electrons. The lowest BCUT2D eigenvalue weighted by Gasteiger charge is -2.13. The minimum absolute atomic E-state index is 0.538. The maximum absolute atomic E-state index is 10.1. The molecule has 4 heteroatoms. The van der Waals surface area contributed by atoms with Gasteiger partial charge in [0.25, 0.3) is 0 Å². The van der Waals surface area contributed by atoms with Crippen LogP contribution in [-0.2, 0) is 0 Å². The summed E-state index contributed by atoms with van der Waals surface area (Å²) in [6, 6.07) is 16.6. The number of nitrogens with two attached hydrogens (primary N) is 1. The van der Waals surface area contributed by atoms with Gasteiger partial charge in [0.2, 0.25) is 0 Å². The predicted molar refractivity (Wildman–Crippen MR) is 80.1 cm³/mol. The van der Waals surface area contributed by atoms with Gasteiger partial charge in [0.05, 0.1) is 17.7 Å². The Labute approximate surface area is 118 Å². The second-order valence-electron chi connectivity index (χ2n) is 4.59. The third-order valence-corrected chi connectivity index (χ3v) is 3.06. The van der Waals surface area contributed by atoms with E-state index in [0.29, 0.717) is 24.2 Å². The van der Waals surface area contributed by atoms with Crippen LogP contribution < -0.4 is 11.1 Å². The van der Waals surface area contributed by atoms with E-state index in [0.717, 1.165) is 11.3 Å². The summed E-state index contributed by atoms with van der Waals surface area (Å²) >= 11 is 0. The predicted octanol–water partition coefficient (Wildman–Crippen LogP) is 2.68. The van der Waals surface area contributed by atoms with Gasteiger partial charge in [-0.3, -0.25) is 0 Å². The van der Waals surface area contributed by atoms with Crippen LogP contribution in [-0.4, -0.2) is 11.7 Å². The first-order valence-electron chi connectivity index (χ1n) is 6.46. The van der Waals surface area contributed by atoms with E-state index in [1.165, 1.54) is 0 Å². The van der Waals surface area contributed by atoms with Gasteiger partial charge in [0, 0.05) is 17.9 Å². The van der Waals surface area contributed by atoms with Crippen molar-refractivity contribution in [1.29, 1.82) is 5.26 Å². The van der Waals surface area contributed by atoms with Gasteiger partial charge in [0.15, 0.2) is 0 Å². The standard InChI is InChI=1S/C16H17N3O/c17-11-12-4-6-15(7-5-12)19-9-8-16(20)13-2-1-3-14(18)10-13/h1-7,10,16,19-20H,8-9,18H2. The molecule has 102 valence electrons. The molecule has 0 aliphatic carbocycles. The molecule has 1 atom stereocenters. The van der Waals surface area contributed by atoms with E-state index in [-0.39, 0.29) is 0 Å². The van der Waals surface area contributed by atoms with Gasteiger partial charge in [0.1, 0.15) is 0 Å². The molecule has 4 N–H and O–H groups in total. The van der Waals surface area contributed by atoms with Gasteiger partial charge >= 0.3 is 0 Å². The van der Waals surface area contributed by atoms with Crippen molar-refractivity contribution in [1.82, 2.24) is 0 Å². The Bertz CT molecular complexity index is 602. The van der Waals surface area contributed by atoms with Gasteiger partial charge in [-0.2, -0.15) is 5.26 Å². The van der Waals surface area contributed by atoms with Crippen LogP contribution in [0.25, 0.3) is 0 Å². The highest BCUT2D eigenvalue weighted by Crippen LogP contribution is 2.19. The van der Waals surface area contributed by atoms with Crippen molar-refractivity contribution < 1.29 is 5.11 Å². The highest BCUT2D eigenvalue weighted by atomic mass is 16.3. The van der Waals surface area contributed by atoms with Crippen molar-refractivity contribution in [3.8, 4) is 6.07 Å². The average Bonchev–Trinajstić information content (AvgIpc) is 2.48. The van der Waals surface area contributed by atoms with E-state index in [4.69, 9.17) is 11.0 Å². The Morgan fingerprint density at radius 3 is 2.60 bits per heavy atom. The number of nitriles is 1. The Hall–Kier alpha value is -2.51. The van der Waals surface area contributed by atoms with Crippen molar-refractivity contribution in [3.63, 3.8) is 0 Å². The topological polar surface area (TPSA) is 82.1 Å². The fourth-order valence-electron chi connectivity index (χ4n) is 1.95. The van der Waals surface area contributed by atoms with E-state index in [2.05, 4.69) is 11.4 Å². The molecule has 0 aliphatic heterocycles. The van der Waals surface area contributed by atoms with Crippen molar-refractivity contribution in [2.45, 2.75) is 12.5 Å². The number of nitrogen functional groups attached to an aromatic ring is 1. The van der Waals surface area contributed by atoms with E-state index >= 15 is 0 Å². The maximum atomic E-state index is 10.1. The van der Waals surface area contributed by atoms with Crippen LogP contribution in [0.5, 0.6) is 0 Å². The van der Waals surface area contributed by atoms with Crippen LogP contribution in [0.1, 0.15) is 23.7 Å². The summed E-state index contributed by atoms with van der Waals surface area (Å²) in [5.41, 5.74) is 8.74. The molecule has 1 unspecified atom stereocenters. The number of rotatable bonds is 5. The molecular weight excluding hydrogens is 250 g/mol. The van der Waals surface area contributed by atoms with Crippen LogP contribution in [0.4, 0.5) is 11.4 Å². The summed E-state index contributed by atoms with van der Waals surface area (Å²) in [6.07, 6.45) is 0.0492. The lowest BCUT2D eigenvalue weighted by atomic mass is 10.1. The first-order chi connectivity index (χ1) is 9.69. The second-order valence-corrected chi connectivity index (χ2v) is 4.59. The minimum atomic E-state index is -0.538. The number of aliphatic hydroxyl groups is 1. The summed E-state index contributed by atoms with van der Waals surface area (Å²) in [7, 11) is 0. The summed E-state index contributed by atoms with van der Waals surface area (Å²) in [6.45, 7) is 0.641. The Kier molecular flexibility index (Phi) is 4.59. The number of anilines is 2. The SMILES string of the molecule is N#Cc1ccc(NCCC(O)c2cccc(N)c2)cc1. The lowest BCUT2D eigenvalue weighted by Crippen LogP contribution is -2.07. The highest BCUT2D eigenvalue weighted by Gasteiger charge is 2.07. The molecule has 2 aromatic carbocycles. The van der Waals surface area contributed by atoms with Gasteiger partial charge in [-0.25, -0.2) is 0 Å². The average molecular weight is 267 g/mol. The molecule has 0 saturated heterocycles. The third-order valence-electron chi connectivity index (χ3n) is 3.06. The molecule has 0 saturated carbocycles. The Morgan fingerprint density at radius 1 is 1.20 bits per heavy atom. The molecule has 0 amide bonds. The molecule has 20 heavy (non-hydrogen) atoms. The molecular formula is C16H17N3O. The molecule has 4 nitrogen and oxygen atoms in total. The van der Waals surface area contributed by atoms with Crippen LogP contribution >= 0.6 is 0 Å². The first kappa shape index (κ1) is 13.9. The summed E-state index contributed by atoms with van der Waals surface area (Å²) in [4.78, 5) is 0. The van der Waals surface area contributed by atoms with E-state index in [9.17, 15) is 5.11 Å². The number of hydrogen-bond donors (Lipinski definition) is 3. The smallest absolute Gasteiger partial charge is 0.0991 e. The van der Waals surface area contributed by atoms with Crippen molar-refractivity contribution in [3.05, 3.63) is 59.7 Å². The van der Waals surface area contributed by atoms with E-state index in [1.54, 1.807) is 24.3 Å². The van der Waals surface area contributed by atoms with E-state index in [1.807, 2.05) is 24.3 Å². The zero-order valence-electron chi connectivity index (χ0n) is 11.1. The van der Waals surface area contributed by atoms with Gasteiger partial charge in [-0.15, -0.1) is 0 Å². The molecule has 0 fully saturated rings. The fraction of sp³-hybridized carbons (Fsp3) is 0.188. The number of nitrogens with one attached hydrogen (secondary N) is 1. The normalized spacial score (nSPS) is 11.6. The molecule has 0 bridgehead atoms. The number of benzene rings is 2. The summed E-state index contributed by atoms with van der Waals surface area (Å²) in [5.74, 6) is 0. The minimum Gasteiger partial charge on any atom is -0.399 e. The van der Waals surface area contributed by atoms with E-state index < -0.39 is 6.10 Å². The lowest BCUT2D eigenvalue weighted by molar-refractivity contribution is 0.172. The van der Waals surface area contributed by atoms with Crippen LogP contribution in [0.15, 0.2) is 48.5 Å². The zero-order chi connectivity index (χ0) is 14.4. The van der Waals surface area contributed by atoms with Crippen molar-refractivity contribution >= 4 is 11.4 Å². The number of hydrogen-bond acceptors (Lipinski definition) is 4. The van der Waals surface area contributed by atoms with Gasteiger partial charge in [-0.1, -0.05) is 12.1 Å². The Balaban J connectivity index is 1.84. The third kappa shape index (κ3) is 3.74. The zero-order valence-corrected chi connectivity index (χ0v) is 11.1. The maximum Gasteiger partial charge on any atom is 0.0991 e. The first-order valence-corrected chi connectivity index (χ1v) is 6.46. The summed E-state index contributed by atoms with van der Waals surface area (Å²) < 4.78 is 0. The van der Waals surface area contributed by atoms with Crippen molar-refractivity contribution in [2.24, 2.45) is 0 Å². The van der Waals surface area contributed by atoms with Gasteiger partial charge < -0.3 is 16.2 Å². The summed E-state index contributed by atoms with van der Waals surface area (Å²) in [5, 5.41) is 22.0.